The van der Waals surface area contributed by atoms with E-state index in [0.29, 0.717) is 16.8 Å². The van der Waals surface area contributed by atoms with Gasteiger partial charge in [-0.3, -0.25) is 14.2 Å². The van der Waals surface area contributed by atoms with Crippen molar-refractivity contribution in [1.82, 2.24) is 19.9 Å². The standard InChI is InChI=1S/C20H24N4O3S/c1-27-13-8-9-15-14(10-13)17-18(22-15)19(26)24(20(28)23-17)11-16(25)21-12-6-4-2-3-5-7-12/h8-10,12,22H,2-7,11H2,1H3,(H,21,25)(H,23,28). The maximum atomic E-state index is 13.0. The third-order valence-corrected chi connectivity index (χ3v) is 5.79. The molecule has 1 aromatic carbocycles. The van der Waals surface area contributed by atoms with Crippen LogP contribution in [0, 0.1) is 4.77 Å². The first kappa shape index (κ1) is 18.7. The highest BCUT2D eigenvalue weighted by Crippen LogP contribution is 2.25. The van der Waals surface area contributed by atoms with E-state index in [1.54, 1.807) is 7.11 Å². The number of aromatic nitrogens is 3. The quantitative estimate of drug-likeness (QED) is 0.462. The lowest BCUT2D eigenvalue weighted by Gasteiger charge is -2.16. The van der Waals surface area contributed by atoms with E-state index in [2.05, 4.69) is 15.3 Å². The van der Waals surface area contributed by atoms with Gasteiger partial charge < -0.3 is 20.0 Å². The summed E-state index contributed by atoms with van der Waals surface area (Å²) in [5.41, 5.74) is 1.53. The summed E-state index contributed by atoms with van der Waals surface area (Å²) in [5.74, 6) is 0.519. The average Bonchev–Trinajstić information content (AvgIpc) is 2.86. The van der Waals surface area contributed by atoms with Crippen LogP contribution in [0.5, 0.6) is 5.75 Å². The van der Waals surface area contributed by atoms with Crippen molar-refractivity contribution < 1.29 is 9.53 Å². The fourth-order valence-electron chi connectivity index (χ4n) is 3.97. The smallest absolute Gasteiger partial charge is 0.279 e. The molecule has 0 bridgehead atoms. The predicted molar refractivity (Wildman–Crippen MR) is 111 cm³/mol. The van der Waals surface area contributed by atoms with Crippen molar-refractivity contribution >= 4 is 40.1 Å². The highest BCUT2D eigenvalue weighted by Gasteiger charge is 2.17. The van der Waals surface area contributed by atoms with Crippen LogP contribution in [0.25, 0.3) is 21.9 Å². The van der Waals surface area contributed by atoms with Crippen molar-refractivity contribution in [3.05, 3.63) is 33.3 Å². The summed E-state index contributed by atoms with van der Waals surface area (Å²) in [6, 6.07) is 5.72. The molecule has 1 fully saturated rings. The Labute approximate surface area is 167 Å². The van der Waals surface area contributed by atoms with E-state index in [0.717, 1.165) is 36.6 Å². The lowest BCUT2D eigenvalue weighted by Crippen LogP contribution is -2.39. The topological polar surface area (TPSA) is 91.9 Å². The molecule has 2 aromatic heterocycles. The Morgan fingerprint density at radius 3 is 2.68 bits per heavy atom. The van der Waals surface area contributed by atoms with Crippen LogP contribution in [0.1, 0.15) is 38.5 Å². The molecule has 0 radical (unpaired) electrons. The second-order valence-electron chi connectivity index (χ2n) is 7.36. The molecule has 7 nitrogen and oxygen atoms in total. The first-order chi connectivity index (χ1) is 13.6. The van der Waals surface area contributed by atoms with Gasteiger partial charge in [0.2, 0.25) is 5.91 Å². The van der Waals surface area contributed by atoms with Crippen LogP contribution in [0.2, 0.25) is 0 Å². The molecule has 1 aliphatic rings. The van der Waals surface area contributed by atoms with E-state index in [1.165, 1.54) is 17.4 Å². The number of hydrogen-bond donors (Lipinski definition) is 3. The lowest BCUT2D eigenvalue weighted by molar-refractivity contribution is -0.122. The Morgan fingerprint density at radius 1 is 1.21 bits per heavy atom. The second-order valence-corrected chi connectivity index (χ2v) is 7.75. The molecule has 28 heavy (non-hydrogen) atoms. The highest BCUT2D eigenvalue weighted by molar-refractivity contribution is 7.71. The van der Waals surface area contributed by atoms with Crippen LogP contribution < -0.4 is 15.6 Å². The van der Waals surface area contributed by atoms with Crippen LogP contribution >= 0.6 is 12.2 Å². The number of ether oxygens (including phenoxy) is 1. The van der Waals surface area contributed by atoms with Gasteiger partial charge in [-0.2, -0.15) is 0 Å². The zero-order valence-corrected chi connectivity index (χ0v) is 16.7. The van der Waals surface area contributed by atoms with E-state index in [1.807, 2.05) is 18.2 Å². The minimum Gasteiger partial charge on any atom is -0.497 e. The minimum atomic E-state index is -0.301. The van der Waals surface area contributed by atoms with Crippen molar-refractivity contribution in [2.45, 2.75) is 51.1 Å². The first-order valence-electron chi connectivity index (χ1n) is 9.68. The number of amides is 1. The number of benzene rings is 1. The highest BCUT2D eigenvalue weighted by atomic mass is 32.1. The molecule has 0 aliphatic heterocycles. The van der Waals surface area contributed by atoms with E-state index >= 15 is 0 Å². The summed E-state index contributed by atoms with van der Waals surface area (Å²) in [6.07, 6.45) is 6.70. The van der Waals surface area contributed by atoms with Crippen molar-refractivity contribution in [3.8, 4) is 5.75 Å². The fraction of sp³-hybridized carbons (Fsp3) is 0.450. The van der Waals surface area contributed by atoms with Gasteiger partial charge in [0.15, 0.2) is 4.77 Å². The summed E-state index contributed by atoms with van der Waals surface area (Å²) < 4.78 is 6.82. The van der Waals surface area contributed by atoms with Gasteiger partial charge in [0.05, 0.1) is 12.6 Å². The molecule has 3 aromatic rings. The summed E-state index contributed by atoms with van der Waals surface area (Å²) in [5, 5.41) is 3.89. The van der Waals surface area contributed by atoms with Crippen molar-refractivity contribution in [3.63, 3.8) is 0 Å². The number of aromatic amines is 2. The lowest BCUT2D eigenvalue weighted by atomic mass is 10.1. The molecule has 3 N–H and O–H groups in total. The normalized spacial score (nSPS) is 15.6. The van der Waals surface area contributed by atoms with Gasteiger partial charge in [0.1, 0.15) is 17.8 Å². The van der Waals surface area contributed by atoms with Crippen LogP contribution in [-0.4, -0.2) is 33.6 Å². The molecule has 1 amide bonds. The Bertz CT molecular complexity index is 1140. The number of nitrogens with zero attached hydrogens (tertiary/aromatic N) is 1. The van der Waals surface area contributed by atoms with E-state index in [9.17, 15) is 9.59 Å². The van der Waals surface area contributed by atoms with Crippen LogP contribution in [0.4, 0.5) is 0 Å². The Morgan fingerprint density at radius 2 is 1.96 bits per heavy atom. The third-order valence-electron chi connectivity index (χ3n) is 5.46. The van der Waals surface area contributed by atoms with Crippen LogP contribution in [0.15, 0.2) is 23.0 Å². The van der Waals surface area contributed by atoms with Gasteiger partial charge in [-0.15, -0.1) is 0 Å². The first-order valence-corrected chi connectivity index (χ1v) is 10.1. The van der Waals surface area contributed by atoms with E-state index in [-0.39, 0.29) is 28.8 Å². The third kappa shape index (κ3) is 3.56. The SMILES string of the molecule is COc1ccc2[nH]c3c(=O)n(CC(=O)NC4CCCCCC4)c(=S)[nH]c3c2c1. The molecular weight excluding hydrogens is 376 g/mol. The number of methoxy groups -OCH3 is 1. The van der Waals surface area contributed by atoms with Gasteiger partial charge in [-0.1, -0.05) is 25.7 Å². The summed E-state index contributed by atoms with van der Waals surface area (Å²) in [7, 11) is 1.60. The maximum absolute atomic E-state index is 13.0. The van der Waals surface area contributed by atoms with Gasteiger partial charge in [-0.25, -0.2) is 0 Å². The van der Waals surface area contributed by atoms with Crippen molar-refractivity contribution in [1.29, 1.82) is 0 Å². The molecule has 8 heteroatoms. The summed E-state index contributed by atoms with van der Waals surface area (Å²) in [6.45, 7) is -0.0840. The fourth-order valence-corrected chi connectivity index (χ4v) is 4.22. The zero-order valence-electron chi connectivity index (χ0n) is 15.8. The van der Waals surface area contributed by atoms with Crippen LogP contribution in [0.3, 0.4) is 0 Å². The molecule has 148 valence electrons. The Hall–Kier alpha value is -2.61. The molecule has 0 saturated heterocycles. The molecule has 1 saturated carbocycles. The number of carbonyl (C=O) groups is 1. The molecular formula is C20H24N4O3S. The molecule has 2 heterocycles. The summed E-state index contributed by atoms with van der Waals surface area (Å²) >= 11 is 5.38. The number of rotatable bonds is 4. The molecule has 0 spiro atoms. The maximum Gasteiger partial charge on any atom is 0.279 e. The average molecular weight is 401 g/mol. The van der Waals surface area contributed by atoms with Crippen molar-refractivity contribution in [2.24, 2.45) is 0 Å². The second kappa shape index (κ2) is 7.79. The van der Waals surface area contributed by atoms with Gasteiger partial charge >= 0.3 is 0 Å². The number of H-pyrrole nitrogens is 2. The summed E-state index contributed by atoms with van der Waals surface area (Å²) in [4.78, 5) is 31.8. The van der Waals surface area contributed by atoms with Gasteiger partial charge in [-0.05, 0) is 43.3 Å². The van der Waals surface area contributed by atoms with Crippen molar-refractivity contribution in [2.75, 3.05) is 7.11 Å². The van der Waals surface area contributed by atoms with E-state index in [4.69, 9.17) is 17.0 Å². The number of fused-ring (bicyclic) bond motifs is 3. The minimum absolute atomic E-state index is 0.0840. The Kier molecular flexibility index (Phi) is 5.21. The molecule has 1 aliphatic carbocycles. The predicted octanol–water partition coefficient (Wildman–Crippen LogP) is 3.39. The number of hydrogen-bond acceptors (Lipinski definition) is 4. The van der Waals surface area contributed by atoms with Gasteiger partial charge in [0, 0.05) is 16.9 Å². The molecule has 0 unspecified atom stereocenters. The largest absolute Gasteiger partial charge is 0.497 e. The zero-order chi connectivity index (χ0) is 19.7. The van der Waals surface area contributed by atoms with E-state index < -0.39 is 0 Å². The van der Waals surface area contributed by atoms with Gasteiger partial charge in [0.25, 0.3) is 5.56 Å². The Balaban J connectivity index is 1.65. The number of carbonyl (C=O) groups excluding carboxylic acids is 1. The number of nitrogens with one attached hydrogen (secondary N) is 3. The van der Waals surface area contributed by atoms with Crippen LogP contribution in [-0.2, 0) is 11.3 Å². The monoisotopic (exact) mass is 400 g/mol. The molecule has 0 atom stereocenters. The molecule has 4 rings (SSSR count).